The molecule has 1 aromatic heterocycles. The first-order chi connectivity index (χ1) is 12.8. The molecule has 1 unspecified atom stereocenters. The van der Waals surface area contributed by atoms with Crippen molar-refractivity contribution in [3.63, 3.8) is 0 Å². The van der Waals surface area contributed by atoms with Gasteiger partial charge >= 0.3 is 6.09 Å². The van der Waals surface area contributed by atoms with Crippen LogP contribution in [0.15, 0.2) is 18.3 Å². The molecular formula is C19H26N4O4. The fourth-order valence-corrected chi connectivity index (χ4v) is 3.82. The van der Waals surface area contributed by atoms with Crippen LogP contribution in [0.25, 0.3) is 0 Å². The maximum Gasteiger partial charge on any atom is 0.407 e. The Labute approximate surface area is 158 Å². The number of piperidine rings is 1. The number of imide groups is 1. The second kappa shape index (κ2) is 7.64. The first kappa shape index (κ1) is 19.3. The molecule has 0 radical (unpaired) electrons. The number of hydrogen-bond donors (Lipinski definition) is 2. The van der Waals surface area contributed by atoms with Gasteiger partial charge in [0.05, 0.1) is 5.92 Å². The molecule has 2 aliphatic rings. The van der Waals surface area contributed by atoms with E-state index in [1.807, 2.05) is 12.1 Å². The van der Waals surface area contributed by atoms with E-state index < -0.39 is 6.09 Å². The Morgan fingerprint density at radius 3 is 2.52 bits per heavy atom. The molecule has 0 aromatic carbocycles. The van der Waals surface area contributed by atoms with Crippen molar-refractivity contribution >= 4 is 17.9 Å². The molecule has 2 aliphatic heterocycles. The van der Waals surface area contributed by atoms with E-state index in [1.165, 1.54) is 4.90 Å². The summed E-state index contributed by atoms with van der Waals surface area (Å²) in [4.78, 5) is 42.6. The molecule has 146 valence electrons. The molecule has 0 spiro atoms. The number of carboxylic acid groups (broad SMARTS) is 1. The Bertz CT molecular complexity index is 724. The fraction of sp³-hybridized carbons (Fsp3) is 0.579. The van der Waals surface area contributed by atoms with Crippen LogP contribution >= 0.6 is 0 Å². The minimum atomic E-state index is -0.863. The lowest BCUT2D eigenvalue weighted by Gasteiger charge is -2.43. The van der Waals surface area contributed by atoms with Gasteiger partial charge in [0.15, 0.2) is 0 Å². The minimum Gasteiger partial charge on any atom is -0.465 e. The van der Waals surface area contributed by atoms with E-state index >= 15 is 0 Å². The first-order valence-corrected chi connectivity index (χ1v) is 9.28. The van der Waals surface area contributed by atoms with E-state index in [1.54, 1.807) is 6.20 Å². The van der Waals surface area contributed by atoms with E-state index in [2.05, 4.69) is 29.0 Å². The van der Waals surface area contributed by atoms with Crippen LogP contribution in [0.2, 0.25) is 0 Å². The minimum absolute atomic E-state index is 0.145. The van der Waals surface area contributed by atoms with Crippen molar-refractivity contribution in [1.82, 2.24) is 20.1 Å². The van der Waals surface area contributed by atoms with Gasteiger partial charge in [-0.05, 0) is 31.9 Å². The molecular weight excluding hydrogens is 348 g/mol. The summed E-state index contributed by atoms with van der Waals surface area (Å²) in [5.74, 6) is -0.788. The van der Waals surface area contributed by atoms with Crippen molar-refractivity contribution in [2.24, 2.45) is 0 Å². The number of pyridine rings is 1. The highest BCUT2D eigenvalue weighted by molar-refractivity contribution is 6.00. The summed E-state index contributed by atoms with van der Waals surface area (Å²) < 4.78 is 0. The fourth-order valence-electron chi connectivity index (χ4n) is 3.82. The molecule has 2 fully saturated rings. The third kappa shape index (κ3) is 4.44. The van der Waals surface area contributed by atoms with E-state index in [0.717, 1.165) is 17.7 Å². The largest absolute Gasteiger partial charge is 0.465 e. The molecule has 2 saturated heterocycles. The summed E-state index contributed by atoms with van der Waals surface area (Å²) in [6, 6.07) is 3.86. The second-order valence-corrected chi connectivity index (χ2v) is 7.83. The molecule has 3 amide bonds. The van der Waals surface area contributed by atoms with Gasteiger partial charge in [0.25, 0.3) is 0 Å². The molecule has 3 rings (SSSR count). The molecule has 0 bridgehead atoms. The van der Waals surface area contributed by atoms with Gasteiger partial charge in [-0.3, -0.25) is 24.8 Å². The van der Waals surface area contributed by atoms with Crippen LogP contribution in [-0.4, -0.2) is 69.5 Å². The van der Waals surface area contributed by atoms with Gasteiger partial charge in [0.1, 0.15) is 0 Å². The highest BCUT2D eigenvalue weighted by Gasteiger charge is 2.32. The zero-order valence-electron chi connectivity index (χ0n) is 15.8. The third-order valence-corrected chi connectivity index (χ3v) is 5.51. The van der Waals surface area contributed by atoms with Gasteiger partial charge in [-0.2, -0.15) is 0 Å². The third-order valence-electron chi connectivity index (χ3n) is 5.51. The predicted octanol–water partition coefficient (Wildman–Crippen LogP) is 1.22. The van der Waals surface area contributed by atoms with Crippen molar-refractivity contribution < 1.29 is 19.5 Å². The normalized spacial score (nSPS) is 21.9. The van der Waals surface area contributed by atoms with E-state index in [-0.39, 0.29) is 23.3 Å². The Morgan fingerprint density at radius 1 is 1.26 bits per heavy atom. The topological polar surface area (TPSA) is 103 Å². The molecule has 2 N–H and O–H groups in total. The van der Waals surface area contributed by atoms with Gasteiger partial charge < -0.3 is 10.0 Å². The lowest BCUT2D eigenvalue weighted by molar-refractivity contribution is -0.134. The van der Waals surface area contributed by atoms with Crippen LogP contribution < -0.4 is 5.32 Å². The Kier molecular flexibility index (Phi) is 5.46. The summed E-state index contributed by atoms with van der Waals surface area (Å²) >= 11 is 0. The lowest BCUT2D eigenvalue weighted by atomic mass is 9.90. The van der Waals surface area contributed by atoms with Crippen molar-refractivity contribution in [2.75, 3.05) is 26.2 Å². The van der Waals surface area contributed by atoms with Gasteiger partial charge in [-0.25, -0.2) is 4.79 Å². The number of nitrogens with zero attached hydrogens (tertiary/aromatic N) is 3. The number of hydrogen-bond acceptors (Lipinski definition) is 5. The number of nitrogens with one attached hydrogen (secondary N) is 1. The maximum absolute atomic E-state index is 12.0. The SMILES string of the molecule is CC(C)(Cc1ccc(C2CCC(=O)NC2=O)cn1)N1CCN(C(=O)O)CC1. The van der Waals surface area contributed by atoms with Crippen molar-refractivity contribution in [3.05, 3.63) is 29.6 Å². The van der Waals surface area contributed by atoms with Crippen LogP contribution in [0.1, 0.15) is 43.9 Å². The number of carbonyl (C=O) groups is 3. The average Bonchev–Trinajstić information content (AvgIpc) is 2.62. The van der Waals surface area contributed by atoms with Crippen molar-refractivity contribution in [1.29, 1.82) is 0 Å². The smallest absolute Gasteiger partial charge is 0.407 e. The molecule has 8 heteroatoms. The zero-order valence-corrected chi connectivity index (χ0v) is 15.8. The number of carbonyl (C=O) groups excluding carboxylic acids is 2. The number of piperazine rings is 1. The highest BCUT2D eigenvalue weighted by Crippen LogP contribution is 2.26. The second-order valence-electron chi connectivity index (χ2n) is 7.83. The highest BCUT2D eigenvalue weighted by atomic mass is 16.4. The summed E-state index contributed by atoms with van der Waals surface area (Å²) in [5.41, 5.74) is 1.61. The standard InChI is InChI=1S/C19H26N4O4/c1-19(2,23-9-7-22(8-10-23)18(26)27)11-14-4-3-13(12-20-14)15-5-6-16(24)21-17(15)25/h3-4,12,15H,5-11H2,1-2H3,(H,26,27)(H,21,24,25). The van der Waals surface area contributed by atoms with Crippen LogP contribution in [-0.2, 0) is 16.0 Å². The maximum atomic E-state index is 12.0. The predicted molar refractivity (Wildman–Crippen MR) is 98.3 cm³/mol. The van der Waals surface area contributed by atoms with Crippen molar-refractivity contribution in [3.8, 4) is 0 Å². The van der Waals surface area contributed by atoms with Crippen molar-refractivity contribution in [2.45, 2.75) is 44.6 Å². The Balaban J connectivity index is 1.61. The molecule has 1 aromatic rings. The zero-order chi connectivity index (χ0) is 19.6. The monoisotopic (exact) mass is 374 g/mol. The van der Waals surface area contributed by atoms with E-state index in [4.69, 9.17) is 5.11 Å². The molecule has 0 aliphatic carbocycles. The van der Waals surface area contributed by atoms with Crippen LogP contribution in [0.4, 0.5) is 4.79 Å². The summed E-state index contributed by atoms with van der Waals surface area (Å²) in [6.45, 7) is 6.71. The average molecular weight is 374 g/mol. The number of amides is 3. The summed E-state index contributed by atoms with van der Waals surface area (Å²) in [6.07, 6.45) is 2.47. The van der Waals surface area contributed by atoms with Crippen LogP contribution in [0.3, 0.4) is 0 Å². The van der Waals surface area contributed by atoms with Gasteiger partial charge in [-0.15, -0.1) is 0 Å². The Morgan fingerprint density at radius 2 is 1.96 bits per heavy atom. The molecule has 0 saturated carbocycles. The number of rotatable bonds is 4. The Hall–Kier alpha value is -2.48. The molecule has 3 heterocycles. The summed E-state index contributed by atoms with van der Waals surface area (Å²) in [7, 11) is 0. The number of aromatic nitrogens is 1. The molecule has 8 nitrogen and oxygen atoms in total. The lowest BCUT2D eigenvalue weighted by Crippen LogP contribution is -2.56. The van der Waals surface area contributed by atoms with E-state index in [9.17, 15) is 14.4 Å². The van der Waals surface area contributed by atoms with Gasteiger partial charge in [-0.1, -0.05) is 6.07 Å². The molecule has 1 atom stereocenters. The first-order valence-electron chi connectivity index (χ1n) is 9.28. The van der Waals surface area contributed by atoms with Crippen LogP contribution in [0.5, 0.6) is 0 Å². The quantitative estimate of drug-likeness (QED) is 0.768. The van der Waals surface area contributed by atoms with Crippen LogP contribution in [0, 0.1) is 0 Å². The van der Waals surface area contributed by atoms with E-state index in [0.29, 0.717) is 39.0 Å². The summed E-state index contributed by atoms with van der Waals surface area (Å²) in [5, 5.41) is 11.5. The van der Waals surface area contributed by atoms with Gasteiger partial charge in [0, 0.05) is 56.5 Å². The molecule has 27 heavy (non-hydrogen) atoms. The van der Waals surface area contributed by atoms with Gasteiger partial charge in [0.2, 0.25) is 11.8 Å².